The lowest BCUT2D eigenvalue weighted by Crippen LogP contribution is -2.42. The predicted octanol–water partition coefficient (Wildman–Crippen LogP) is 3.19. The highest BCUT2D eigenvalue weighted by Gasteiger charge is 2.45. The van der Waals surface area contributed by atoms with E-state index in [2.05, 4.69) is 15.9 Å². The summed E-state index contributed by atoms with van der Waals surface area (Å²) in [4.78, 5) is 4.79. The summed E-state index contributed by atoms with van der Waals surface area (Å²) < 4.78 is 18.1. The Morgan fingerprint density at radius 2 is 1.91 bits per heavy atom. The van der Waals surface area contributed by atoms with Crippen molar-refractivity contribution in [2.24, 2.45) is 10.7 Å². The van der Waals surface area contributed by atoms with Gasteiger partial charge in [-0.25, -0.2) is 0 Å². The Kier molecular flexibility index (Phi) is 3.32. The van der Waals surface area contributed by atoms with E-state index in [1.807, 2.05) is 36.4 Å². The van der Waals surface area contributed by atoms with E-state index in [0.717, 1.165) is 32.8 Å². The van der Waals surface area contributed by atoms with Gasteiger partial charge >= 0.3 is 0 Å². The maximum Gasteiger partial charge on any atom is 0.143 e. The largest absolute Gasteiger partial charge is 0.497 e. The first-order valence-electron chi connectivity index (χ1n) is 7.21. The molecule has 2 aliphatic rings. The summed E-state index contributed by atoms with van der Waals surface area (Å²) in [6, 6.07) is 11.6. The number of benzene rings is 2. The molecule has 1 atom stereocenters. The molecule has 0 amide bonds. The van der Waals surface area contributed by atoms with E-state index in [0.29, 0.717) is 19.0 Å². The summed E-state index contributed by atoms with van der Waals surface area (Å²) in [5.41, 5.74) is 7.11. The van der Waals surface area contributed by atoms with Gasteiger partial charge in [-0.1, -0.05) is 15.9 Å². The molecule has 0 aromatic heterocycles. The molecule has 2 heterocycles. The van der Waals surface area contributed by atoms with E-state index >= 15 is 0 Å². The Morgan fingerprint density at radius 3 is 2.65 bits per heavy atom. The molecule has 2 aromatic rings. The average molecular weight is 375 g/mol. The molecule has 6 heteroatoms. The minimum absolute atomic E-state index is 0.339. The normalized spacial score (nSPS) is 21.9. The second-order valence-corrected chi connectivity index (χ2v) is 6.48. The van der Waals surface area contributed by atoms with Crippen LogP contribution in [0.5, 0.6) is 17.2 Å². The third-order valence-electron chi connectivity index (χ3n) is 4.13. The monoisotopic (exact) mass is 374 g/mol. The molecule has 5 nitrogen and oxygen atoms in total. The van der Waals surface area contributed by atoms with Crippen molar-refractivity contribution >= 4 is 21.8 Å². The Labute approximate surface area is 142 Å². The number of nitrogens with two attached hydrogens (primary N) is 1. The van der Waals surface area contributed by atoms with E-state index in [9.17, 15) is 0 Å². The minimum atomic E-state index is -0.719. The quantitative estimate of drug-likeness (QED) is 0.832. The average Bonchev–Trinajstić information content (AvgIpc) is 2.56. The van der Waals surface area contributed by atoms with Crippen LogP contribution in [0.2, 0.25) is 0 Å². The van der Waals surface area contributed by atoms with Gasteiger partial charge < -0.3 is 19.9 Å². The van der Waals surface area contributed by atoms with Crippen molar-refractivity contribution in [3.8, 4) is 17.2 Å². The van der Waals surface area contributed by atoms with Crippen molar-refractivity contribution in [3.63, 3.8) is 0 Å². The Bertz CT molecular complexity index is 821. The summed E-state index contributed by atoms with van der Waals surface area (Å²) in [6.07, 6.45) is 0. The highest BCUT2D eigenvalue weighted by atomic mass is 79.9. The molecule has 0 aliphatic carbocycles. The molecule has 2 N–H and O–H groups in total. The summed E-state index contributed by atoms with van der Waals surface area (Å²) in [6.45, 7) is 0.742. The van der Waals surface area contributed by atoms with Crippen LogP contribution in [0.1, 0.15) is 11.1 Å². The number of aliphatic imine (C=N–C) groups is 1. The van der Waals surface area contributed by atoms with Gasteiger partial charge in [0.25, 0.3) is 0 Å². The predicted molar refractivity (Wildman–Crippen MR) is 90.4 cm³/mol. The number of rotatable bonds is 1. The first-order chi connectivity index (χ1) is 11.1. The lowest BCUT2D eigenvalue weighted by atomic mass is 9.80. The van der Waals surface area contributed by atoms with Crippen molar-refractivity contribution in [1.29, 1.82) is 0 Å². The van der Waals surface area contributed by atoms with E-state index < -0.39 is 5.54 Å². The molecule has 1 spiro atoms. The van der Waals surface area contributed by atoms with Gasteiger partial charge in [-0.05, 0) is 36.4 Å². The van der Waals surface area contributed by atoms with Crippen LogP contribution in [0.3, 0.4) is 0 Å². The van der Waals surface area contributed by atoms with Crippen LogP contribution >= 0.6 is 15.9 Å². The zero-order chi connectivity index (χ0) is 16.0. The second kappa shape index (κ2) is 5.25. The van der Waals surface area contributed by atoms with E-state index in [1.165, 1.54) is 0 Å². The SMILES string of the molecule is COc1ccc2c(c1)[C@@]1(COCC(N)=N1)c1cc(Br)ccc1O2. The first-order valence-corrected chi connectivity index (χ1v) is 8.00. The number of nitrogens with zero attached hydrogens (tertiary/aromatic N) is 1. The van der Waals surface area contributed by atoms with Gasteiger partial charge in [-0.3, -0.25) is 4.99 Å². The van der Waals surface area contributed by atoms with Gasteiger partial charge in [0, 0.05) is 15.6 Å². The van der Waals surface area contributed by atoms with Crippen LogP contribution in [0, 0.1) is 0 Å². The third kappa shape index (κ3) is 2.21. The fraction of sp³-hybridized carbons (Fsp3) is 0.235. The summed E-state index contributed by atoms with van der Waals surface area (Å²) >= 11 is 3.52. The van der Waals surface area contributed by atoms with Crippen LogP contribution in [-0.4, -0.2) is 26.2 Å². The van der Waals surface area contributed by atoms with E-state index in [4.69, 9.17) is 24.9 Å². The molecule has 23 heavy (non-hydrogen) atoms. The van der Waals surface area contributed by atoms with Gasteiger partial charge in [0.15, 0.2) is 0 Å². The first kappa shape index (κ1) is 14.5. The van der Waals surface area contributed by atoms with Crippen molar-refractivity contribution in [2.75, 3.05) is 20.3 Å². The fourth-order valence-corrected chi connectivity index (χ4v) is 3.48. The fourth-order valence-electron chi connectivity index (χ4n) is 3.12. The molecule has 2 aromatic carbocycles. The molecule has 0 saturated carbocycles. The highest BCUT2D eigenvalue weighted by Crippen LogP contribution is 2.51. The smallest absolute Gasteiger partial charge is 0.143 e. The second-order valence-electron chi connectivity index (χ2n) is 5.56. The maximum atomic E-state index is 6.05. The zero-order valence-corrected chi connectivity index (χ0v) is 14.1. The molecule has 4 rings (SSSR count). The van der Waals surface area contributed by atoms with E-state index in [1.54, 1.807) is 7.11 Å². The zero-order valence-electron chi connectivity index (χ0n) is 12.5. The Morgan fingerprint density at radius 1 is 1.17 bits per heavy atom. The number of methoxy groups -OCH3 is 1. The molecule has 118 valence electrons. The van der Waals surface area contributed by atoms with Crippen LogP contribution < -0.4 is 15.2 Å². The molecule has 2 aliphatic heterocycles. The van der Waals surface area contributed by atoms with Crippen LogP contribution in [0.15, 0.2) is 45.9 Å². The van der Waals surface area contributed by atoms with Gasteiger partial charge in [0.05, 0.1) is 13.7 Å². The number of hydrogen-bond donors (Lipinski definition) is 1. The van der Waals surface area contributed by atoms with Crippen LogP contribution in [0.4, 0.5) is 0 Å². The minimum Gasteiger partial charge on any atom is -0.497 e. The van der Waals surface area contributed by atoms with E-state index in [-0.39, 0.29) is 0 Å². The lowest BCUT2D eigenvalue weighted by molar-refractivity contribution is 0.109. The number of fused-ring (bicyclic) bond motifs is 4. The highest BCUT2D eigenvalue weighted by molar-refractivity contribution is 9.10. The Balaban J connectivity index is 2.03. The number of hydrogen-bond acceptors (Lipinski definition) is 5. The molecule has 0 bridgehead atoms. The summed E-state index contributed by atoms with van der Waals surface area (Å²) in [5, 5.41) is 0. The van der Waals surface area contributed by atoms with Gasteiger partial charge in [-0.15, -0.1) is 0 Å². The van der Waals surface area contributed by atoms with Gasteiger partial charge in [0.1, 0.15) is 35.2 Å². The van der Waals surface area contributed by atoms with Crippen molar-refractivity contribution in [1.82, 2.24) is 0 Å². The van der Waals surface area contributed by atoms with Crippen molar-refractivity contribution in [3.05, 3.63) is 52.0 Å². The lowest BCUT2D eigenvalue weighted by Gasteiger charge is -2.39. The molecule has 0 radical (unpaired) electrons. The molecule has 0 fully saturated rings. The molecular formula is C17H15BrN2O3. The standard InChI is InChI=1S/C17H15BrN2O3/c1-21-11-3-5-15-13(7-11)17(9-22-8-16(19)20-17)12-6-10(18)2-4-14(12)23-15/h2-7H,8-9H2,1H3,(H2,19,20)/t17-/m1/s1. The van der Waals surface area contributed by atoms with Gasteiger partial charge in [0.2, 0.25) is 0 Å². The van der Waals surface area contributed by atoms with Crippen molar-refractivity contribution in [2.45, 2.75) is 5.54 Å². The molecule has 0 saturated heterocycles. The van der Waals surface area contributed by atoms with Crippen LogP contribution in [-0.2, 0) is 10.3 Å². The topological polar surface area (TPSA) is 66.1 Å². The summed E-state index contributed by atoms with van der Waals surface area (Å²) in [5.74, 6) is 2.71. The maximum absolute atomic E-state index is 6.05. The number of amidine groups is 1. The number of halogens is 1. The molecule has 0 unspecified atom stereocenters. The van der Waals surface area contributed by atoms with Gasteiger partial charge in [-0.2, -0.15) is 0 Å². The van der Waals surface area contributed by atoms with Crippen LogP contribution in [0.25, 0.3) is 0 Å². The Hall–Kier alpha value is -2.05. The van der Waals surface area contributed by atoms with Crippen molar-refractivity contribution < 1.29 is 14.2 Å². The third-order valence-corrected chi connectivity index (χ3v) is 4.63. The molecular weight excluding hydrogens is 360 g/mol. The number of ether oxygens (including phenoxy) is 3. The summed E-state index contributed by atoms with van der Waals surface area (Å²) in [7, 11) is 1.64.